The minimum absolute atomic E-state index is 0.0158. The second-order valence-electron chi connectivity index (χ2n) is 7.49. The maximum absolute atomic E-state index is 12.7. The normalized spacial score (nSPS) is 11.4. The standard InChI is InChI=1S/C23H20Cl4N2O4S/c1-13(2)33-16-5-6-17(18(25)11-16)23(30)28-12-14-3-7-21(19(26)9-14)29-34(31,32)22-8-4-15(24)10-20(22)27/h3-11,13,29H,12H2,1-2H3,(H,28,30). The molecule has 0 bridgehead atoms. The highest BCUT2D eigenvalue weighted by atomic mass is 35.5. The number of halogens is 4. The zero-order valence-corrected chi connectivity index (χ0v) is 21.9. The van der Waals surface area contributed by atoms with Crippen molar-refractivity contribution in [1.82, 2.24) is 5.32 Å². The van der Waals surface area contributed by atoms with Crippen LogP contribution in [0.25, 0.3) is 0 Å². The van der Waals surface area contributed by atoms with Gasteiger partial charge in [0.2, 0.25) is 0 Å². The molecule has 0 saturated carbocycles. The van der Waals surface area contributed by atoms with Crippen molar-refractivity contribution >= 4 is 68.0 Å². The van der Waals surface area contributed by atoms with Gasteiger partial charge >= 0.3 is 0 Å². The summed E-state index contributed by atoms with van der Waals surface area (Å²) < 4.78 is 33.3. The van der Waals surface area contributed by atoms with Crippen LogP contribution in [0, 0.1) is 0 Å². The first kappa shape index (κ1) is 26.4. The lowest BCUT2D eigenvalue weighted by molar-refractivity contribution is 0.0951. The average Bonchev–Trinajstić information content (AvgIpc) is 2.73. The lowest BCUT2D eigenvalue weighted by atomic mass is 10.1. The Morgan fingerprint density at radius 2 is 1.65 bits per heavy atom. The van der Waals surface area contributed by atoms with Gasteiger partial charge in [-0.15, -0.1) is 0 Å². The highest BCUT2D eigenvalue weighted by Gasteiger charge is 2.20. The molecule has 0 unspecified atom stereocenters. The van der Waals surface area contributed by atoms with Crippen LogP contribution in [-0.4, -0.2) is 20.4 Å². The Hall–Kier alpha value is -2.16. The molecule has 1 amide bonds. The summed E-state index contributed by atoms with van der Waals surface area (Å²) in [5, 5.41) is 3.47. The monoisotopic (exact) mass is 560 g/mol. The number of rotatable bonds is 8. The van der Waals surface area contributed by atoms with E-state index in [9.17, 15) is 13.2 Å². The van der Waals surface area contributed by atoms with Gasteiger partial charge in [0.05, 0.1) is 32.4 Å². The van der Waals surface area contributed by atoms with Gasteiger partial charge in [-0.3, -0.25) is 9.52 Å². The molecule has 3 aromatic rings. The van der Waals surface area contributed by atoms with Crippen molar-refractivity contribution in [2.24, 2.45) is 0 Å². The van der Waals surface area contributed by atoms with Crippen LogP contribution in [0.5, 0.6) is 5.75 Å². The van der Waals surface area contributed by atoms with Crippen molar-refractivity contribution in [2.75, 3.05) is 4.72 Å². The van der Waals surface area contributed by atoms with Gasteiger partial charge in [-0.05, 0) is 67.9 Å². The molecule has 0 fully saturated rings. The number of nitrogens with one attached hydrogen (secondary N) is 2. The Morgan fingerprint density at radius 1 is 0.912 bits per heavy atom. The first-order valence-corrected chi connectivity index (χ1v) is 13.0. The van der Waals surface area contributed by atoms with E-state index in [2.05, 4.69) is 10.0 Å². The molecule has 0 aliphatic heterocycles. The van der Waals surface area contributed by atoms with Crippen molar-refractivity contribution in [2.45, 2.75) is 31.4 Å². The lowest BCUT2D eigenvalue weighted by Crippen LogP contribution is -2.23. The maximum Gasteiger partial charge on any atom is 0.263 e. The third-order valence-corrected chi connectivity index (χ3v) is 7.18. The van der Waals surface area contributed by atoms with Gasteiger partial charge in [-0.2, -0.15) is 0 Å². The molecule has 0 saturated heterocycles. The molecule has 180 valence electrons. The molecular formula is C23H20Cl4N2O4S. The number of ether oxygens (including phenoxy) is 1. The molecule has 0 heterocycles. The minimum Gasteiger partial charge on any atom is -0.491 e. The molecule has 34 heavy (non-hydrogen) atoms. The van der Waals surface area contributed by atoms with E-state index in [1.165, 1.54) is 24.3 Å². The van der Waals surface area contributed by atoms with Crippen LogP contribution < -0.4 is 14.8 Å². The van der Waals surface area contributed by atoms with E-state index in [4.69, 9.17) is 51.1 Å². The van der Waals surface area contributed by atoms with Crippen LogP contribution in [0.3, 0.4) is 0 Å². The molecular weight excluding hydrogens is 542 g/mol. The highest BCUT2D eigenvalue weighted by Crippen LogP contribution is 2.30. The SMILES string of the molecule is CC(C)Oc1ccc(C(=O)NCc2ccc(NS(=O)(=O)c3ccc(Cl)cc3Cl)c(Cl)c2)c(Cl)c1. The van der Waals surface area contributed by atoms with Crippen LogP contribution >= 0.6 is 46.4 Å². The lowest BCUT2D eigenvalue weighted by Gasteiger charge is -2.13. The van der Waals surface area contributed by atoms with E-state index in [1.54, 1.807) is 30.3 Å². The molecule has 6 nitrogen and oxygen atoms in total. The number of hydrogen-bond acceptors (Lipinski definition) is 4. The van der Waals surface area contributed by atoms with Gasteiger partial charge in [0, 0.05) is 11.6 Å². The molecule has 0 atom stereocenters. The van der Waals surface area contributed by atoms with Crippen LogP contribution in [0.15, 0.2) is 59.5 Å². The second kappa shape index (κ2) is 11.1. The number of benzene rings is 3. The fraction of sp³-hybridized carbons (Fsp3) is 0.174. The van der Waals surface area contributed by atoms with Gasteiger partial charge in [-0.1, -0.05) is 52.5 Å². The molecule has 3 rings (SSSR count). The Bertz CT molecular complexity index is 1330. The Kier molecular flexibility index (Phi) is 8.60. The van der Waals surface area contributed by atoms with Crippen molar-refractivity contribution in [3.8, 4) is 5.75 Å². The van der Waals surface area contributed by atoms with E-state index in [1.807, 2.05) is 13.8 Å². The Morgan fingerprint density at radius 3 is 2.26 bits per heavy atom. The van der Waals surface area contributed by atoms with Crippen LogP contribution in [0.4, 0.5) is 5.69 Å². The summed E-state index contributed by atoms with van der Waals surface area (Å²) in [6, 6.07) is 13.6. The highest BCUT2D eigenvalue weighted by molar-refractivity contribution is 7.92. The number of amides is 1. The predicted molar refractivity (Wildman–Crippen MR) is 137 cm³/mol. The van der Waals surface area contributed by atoms with Crippen molar-refractivity contribution < 1.29 is 17.9 Å². The maximum atomic E-state index is 12.7. The fourth-order valence-electron chi connectivity index (χ4n) is 2.95. The Balaban J connectivity index is 1.68. The predicted octanol–water partition coefficient (Wildman–Crippen LogP) is 6.82. The molecule has 0 aliphatic carbocycles. The summed E-state index contributed by atoms with van der Waals surface area (Å²) >= 11 is 24.3. The molecule has 0 aromatic heterocycles. The molecule has 2 N–H and O–H groups in total. The zero-order valence-electron chi connectivity index (χ0n) is 18.0. The van der Waals surface area contributed by atoms with Crippen LogP contribution in [-0.2, 0) is 16.6 Å². The second-order valence-corrected chi connectivity index (χ2v) is 10.8. The topological polar surface area (TPSA) is 84.5 Å². The molecule has 0 radical (unpaired) electrons. The van der Waals surface area contributed by atoms with Crippen molar-refractivity contribution in [3.63, 3.8) is 0 Å². The third-order valence-electron chi connectivity index (χ3n) is 4.47. The number of carbonyl (C=O) groups is 1. The number of hydrogen-bond donors (Lipinski definition) is 2. The van der Waals surface area contributed by atoms with E-state index < -0.39 is 10.0 Å². The van der Waals surface area contributed by atoms with Crippen molar-refractivity contribution in [3.05, 3.63) is 85.8 Å². The number of anilines is 1. The first-order valence-electron chi connectivity index (χ1n) is 9.97. The van der Waals surface area contributed by atoms with Gasteiger partial charge in [0.15, 0.2) is 0 Å². The first-order chi connectivity index (χ1) is 16.0. The van der Waals surface area contributed by atoms with Gasteiger partial charge in [-0.25, -0.2) is 8.42 Å². The average molecular weight is 562 g/mol. The molecule has 0 aliphatic rings. The van der Waals surface area contributed by atoms with Crippen molar-refractivity contribution in [1.29, 1.82) is 0 Å². The summed E-state index contributed by atoms with van der Waals surface area (Å²) in [7, 11) is -3.99. The summed E-state index contributed by atoms with van der Waals surface area (Å²) in [6.07, 6.45) is -0.0175. The minimum atomic E-state index is -3.99. The fourth-order valence-corrected chi connectivity index (χ4v) is 5.36. The summed E-state index contributed by atoms with van der Waals surface area (Å²) in [5.41, 5.74) is 1.11. The molecule has 11 heteroatoms. The Labute approximate surface area is 218 Å². The summed E-state index contributed by atoms with van der Waals surface area (Å²) in [4.78, 5) is 12.4. The largest absolute Gasteiger partial charge is 0.491 e. The molecule has 0 spiro atoms. The number of sulfonamides is 1. The number of carbonyl (C=O) groups excluding carboxylic acids is 1. The van der Waals surface area contributed by atoms with E-state index >= 15 is 0 Å². The quantitative estimate of drug-likeness (QED) is 0.316. The third kappa shape index (κ3) is 6.71. The van der Waals surface area contributed by atoms with E-state index in [0.717, 1.165) is 0 Å². The van der Waals surface area contributed by atoms with E-state index in [0.29, 0.717) is 21.9 Å². The summed E-state index contributed by atoms with van der Waals surface area (Å²) in [6.45, 7) is 3.93. The van der Waals surface area contributed by atoms with Crippen LogP contribution in [0.2, 0.25) is 20.1 Å². The smallest absolute Gasteiger partial charge is 0.263 e. The van der Waals surface area contributed by atoms with Gasteiger partial charge < -0.3 is 10.1 Å². The van der Waals surface area contributed by atoms with Gasteiger partial charge in [0.1, 0.15) is 10.6 Å². The molecule has 3 aromatic carbocycles. The zero-order chi connectivity index (χ0) is 25.0. The van der Waals surface area contributed by atoms with Crippen LogP contribution in [0.1, 0.15) is 29.8 Å². The van der Waals surface area contributed by atoms with Gasteiger partial charge in [0.25, 0.3) is 15.9 Å². The van der Waals surface area contributed by atoms with E-state index in [-0.39, 0.29) is 44.2 Å². The summed E-state index contributed by atoms with van der Waals surface area (Å²) in [5.74, 6) is 0.195.